The molecule has 0 aliphatic carbocycles. The Hall–Kier alpha value is -2.16. The van der Waals surface area contributed by atoms with Crippen molar-refractivity contribution < 1.29 is 9.47 Å². The number of morpholine rings is 1. The molecular weight excluding hydrogens is 386 g/mol. The zero-order chi connectivity index (χ0) is 20.3. The summed E-state index contributed by atoms with van der Waals surface area (Å²) in [5, 5.41) is 7.70. The van der Waals surface area contributed by atoms with Crippen LogP contribution in [-0.4, -0.2) is 61.8 Å². The van der Waals surface area contributed by atoms with Gasteiger partial charge in [-0.15, -0.1) is 11.3 Å². The number of hydrogen-bond donors (Lipinski definition) is 2. The number of nitrogens with one attached hydrogen (secondary N) is 2. The highest BCUT2D eigenvalue weighted by Crippen LogP contribution is 2.19. The smallest absolute Gasteiger partial charge is 0.191 e. The second-order valence-corrected chi connectivity index (χ2v) is 8.14. The number of para-hydroxylation sites is 1. The molecule has 0 spiro atoms. The van der Waals surface area contributed by atoms with Crippen molar-refractivity contribution >= 4 is 17.3 Å². The number of benzene rings is 1. The van der Waals surface area contributed by atoms with Gasteiger partial charge in [0.1, 0.15) is 17.4 Å². The number of aryl methyl sites for hydroxylation is 1. The van der Waals surface area contributed by atoms with Gasteiger partial charge in [-0.2, -0.15) is 0 Å². The Morgan fingerprint density at radius 3 is 2.86 bits per heavy atom. The molecule has 1 aliphatic heterocycles. The van der Waals surface area contributed by atoms with E-state index in [1.54, 1.807) is 11.3 Å². The Labute approximate surface area is 177 Å². The van der Waals surface area contributed by atoms with Crippen LogP contribution < -0.4 is 15.4 Å². The van der Waals surface area contributed by atoms with E-state index in [9.17, 15) is 0 Å². The van der Waals surface area contributed by atoms with Crippen LogP contribution in [0.15, 0.2) is 35.5 Å². The van der Waals surface area contributed by atoms with Gasteiger partial charge in [0.15, 0.2) is 5.96 Å². The van der Waals surface area contributed by atoms with Crippen molar-refractivity contribution in [3.05, 3.63) is 45.9 Å². The minimum absolute atomic E-state index is 0.556. The molecule has 158 valence electrons. The van der Waals surface area contributed by atoms with E-state index >= 15 is 0 Å². The summed E-state index contributed by atoms with van der Waals surface area (Å²) in [6, 6.07) is 8.12. The lowest BCUT2D eigenvalue weighted by Gasteiger charge is -2.26. The Bertz CT molecular complexity index is 774. The van der Waals surface area contributed by atoms with Gasteiger partial charge in [-0.1, -0.05) is 18.2 Å². The van der Waals surface area contributed by atoms with Crippen molar-refractivity contribution in [2.45, 2.75) is 26.9 Å². The lowest BCUT2D eigenvalue weighted by molar-refractivity contribution is 0.0322. The molecule has 0 radical (unpaired) electrons. The van der Waals surface area contributed by atoms with Crippen molar-refractivity contribution in [1.82, 2.24) is 20.5 Å². The van der Waals surface area contributed by atoms with Crippen LogP contribution in [0.2, 0.25) is 0 Å². The molecule has 0 unspecified atom stereocenters. The third-order valence-electron chi connectivity index (χ3n) is 4.57. The van der Waals surface area contributed by atoms with Crippen molar-refractivity contribution in [3.8, 4) is 5.75 Å². The molecule has 2 aromatic rings. The van der Waals surface area contributed by atoms with E-state index in [4.69, 9.17) is 14.5 Å². The van der Waals surface area contributed by atoms with Crippen molar-refractivity contribution in [1.29, 1.82) is 0 Å². The summed E-state index contributed by atoms with van der Waals surface area (Å²) in [6.45, 7) is 11.3. The van der Waals surface area contributed by atoms with E-state index < -0.39 is 0 Å². The molecule has 1 aromatic carbocycles. The molecule has 0 bridgehead atoms. The minimum atomic E-state index is 0.556. The van der Waals surface area contributed by atoms with Gasteiger partial charge in [0.05, 0.1) is 26.3 Å². The van der Waals surface area contributed by atoms with Gasteiger partial charge in [0.2, 0.25) is 0 Å². The third-order valence-corrected chi connectivity index (χ3v) is 5.48. The number of hydrogen-bond acceptors (Lipinski definition) is 6. The monoisotopic (exact) mass is 417 g/mol. The Morgan fingerprint density at radius 2 is 2.10 bits per heavy atom. The van der Waals surface area contributed by atoms with Gasteiger partial charge in [-0.3, -0.25) is 4.90 Å². The number of aromatic nitrogens is 1. The summed E-state index contributed by atoms with van der Waals surface area (Å²) in [5.41, 5.74) is 1.08. The molecule has 1 saturated heterocycles. The standard InChI is InChI=1S/C21H31N5O2S/c1-3-22-21(25-16-20-23-14-17(2)29-20)24-15-18-6-4-5-7-19(18)28-13-10-26-8-11-27-12-9-26/h4-7,14H,3,8-13,15-16H2,1-2H3,(H2,22,24,25). The van der Waals surface area contributed by atoms with Gasteiger partial charge in [-0.05, 0) is 19.9 Å². The zero-order valence-electron chi connectivity index (χ0n) is 17.3. The Balaban J connectivity index is 1.53. The zero-order valence-corrected chi connectivity index (χ0v) is 18.1. The Morgan fingerprint density at radius 1 is 1.28 bits per heavy atom. The van der Waals surface area contributed by atoms with Crippen LogP contribution in [-0.2, 0) is 17.8 Å². The largest absolute Gasteiger partial charge is 0.492 e. The molecule has 1 fully saturated rings. The average Bonchev–Trinajstić information content (AvgIpc) is 3.17. The second-order valence-electron chi connectivity index (χ2n) is 6.82. The van der Waals surface area contributed by atoms with Crippen LogP contribution in [0.25, 0.3) is 0 Å². The topological polar surface area (TPSA) is 71.0 Å². The highest BCUT2D eigenvalue weighted by molar-refractivity contribution is 7.11. The van der Waals surface area contributed by atoms with Crippen LogP contribution in [0, 0.1) is 6.92 Å². The number of ether oxygens (including phenoxy) is 2. The number of guanidine groups is 1. The van der Waals surface area contributed by atoms with Gasteiger partial charge in [0.25, 0.3) is 0 Å². The van der Waals surface area contributed by atoms with Crippen molar-refractivity contribution in [3.63, 3.8) is 0 Å². The van der Waals surface area contributed by atoms with Gasteiger partial charge < -0.3 is 20.1 Å². The first kappa shape index (κ1) is 21.5. The molecule has 1 aromatic heterocycles. The van der Waals surface area contributed by atoms with E-state index in [-0.39, 0.29) is 0 Å². The first-order chi connectivity index (χ1) is 14.2. The Kier molecular flexibility index (Phi) is 8.73. The summed E-state index contributed by atoms with van der Waals surface area (Å²) in [4.78, 5) is 12.7. The molecule has 0 atom stereocenters. The van der Waals surface area contributed by atoms with Gasteiger partial charge in [-0.25, -0.2) is 9.98 Å². The van der Waals surface area contributed by atoms with E-state index in [2.05, 4.69) is 40.4 Å². The quantitative estimate of drug-likeness (QED) is 0.482. The maximum atomic E-state index is 6.06. The predicted octanol–water partition coefficient (Wildman–Crippen LogP) is 2.42. The molecule has 8 heteroatoms. The summed E-state index contributed by atoms with van der Waals surface area (Å²) in [6.07, 6.45) is 1.90. The summed E-state index contributed by atoms with van der Waals surface area (Å²) < 4.78 is 11.5. The number of aliphatic imine (C=N–C) groups is 1. The lowest BCUT2D eigenvalue weighted by Crippen LogP contribution is -2.38. The van der Waals surface area contributed by atoms with E-state index in [1.807, 2.05) is 24.4 Å². The van der Waals surface area contributed by atoms with Crippen LogP contribution in [0.4, 0.5) is 0 Å². The first-order valence-electron chi connectivity index (χ1n) is 10.2. The van der Waals surface area contributed by atoms with Crippen molar-refractivity contribution in [2.24, 2.45) is 4.99 Å². The van der Waals surface area contributed by atoms with Gasteiger partial charge >= 0.3 is 0 Å². The van der Waals surface area contributed by atoms with E-state index in [0.717, 1.165) is 61.7 Å². The molecule has 29 heavy (non-hydrogen) atoms. The molecule has 0 amide bonds. The summed E-state index contributed by atoms with van der Waals surface area (Å²) in [5.74, 6) is 1.68. The van der Waals surface area contributed by atoms with Crippen molar-refractivity contribution in [2.75, 3.05) is 46.0 Å². The fraction of sp³-hybridized carbons (Fsp3) is 0.524. The third kappa shape index (κ3) is 7.30. The van der Waals surface area contributed by atoms with Crippen LogP contribution >= 0.6 is 11.3 Å². The molecule has 0 saturated carbocycles. The summed E-state index contributed by atoms with van der Waals surface area (Å²) >= 11 is 1.70. The average molecular weight is 418 g/mol. The highest BCUT2D eigenvalue weighted by atomic mass is 32.1. The van der Waals surface area contributed by atoms with Crippen LogP contribution in [0.5, 0.6) is 5.75 Å². The predicted molar refractivity (Wildman–Crippen MR) is 118 cm³/mol. The van der Waals surface area contributed by atoms with Crippen LogP contribution in [0.1, 0.15) is 22.4 Å². The number of rotatable bonds is 9. The maximum Gasteiger partial charge on any atom is 0.191 e. The van der Waals surface area contributed by atoms with Crippen LogP contribution in [0.3, 0.4) is 0 Å². The first-order valence-corrected chi connectivity index (χ1v) is 11.0. The maximum absolute atomic E-state index is 6.06. The summed E-state index contributed by atoms with van der Waals surface area (Å²) in [7, 11) is 0. The second kappa shape index (κ2) is 11.7. The molecule has 2 N–H and O–H groups in total. The van der Waals surface area contributed by atoms with E-state index in [1.165, 1.54) is 4.88 Å². The number of nitrogens with zero attached hydrogens (tertiary/aromatic N) is 3. The molecular formula is C21H31N5O2S. The minimum Gasteiger partial charge on any atom is -0.492 e. The molecule has 7 nitrogen and oxygen atoms in total. The highest BCUT2D eigenvalue weighted by Gasteiger charge is 2.10. The molecule has 2 heterocycles. The lowest BCUT2D eigenvalue weighted by atomic mass is 10.2. The molecule has 3 rings (SSSR count). The van der Waals surface area contributed by atoms with E-state index in [0.29, 0.717) is 19.7 Å². The molecule has 1 aliphatic rings. The SMILES string of the molecule is CCNC(=NCc1ccccc1OCCN1CCOCC1)NCc1ncc(C)s1. The fourth-order valence-corrected chi connectivity index (χ4v) is 3.76. The van der Waals surface area contributed by atoms with Gasteiger partial charge in [0, 0.05) is 42.8 Å². The number of thiazole rings is 1. The fourth-order valence-electron chi connectivity index (χ4n) is 3.03. The normalized spacial score (nSPS) is 15.3.